The van der Waals surface area contributed by atoms with Crippen molar-refractivity contribution >= 4 is 37.5 Å². The van der Waals surface area contributed by atoms with E-state index in [4.69, 9.17) is 4.74 Å². The van der Waals surface area contributed by atoms with Crippen molar-refractivity contribution in [3.63, 3.8) is 0 Å². The first kappa shape index (κ1) is 14.7. The fourth-order valence-electron chi connectivity index (χ4n) is 2.52. The smallest absolute Gasteiger partial charge is 0.327 e. The standard InChI is InChI=1S/C16H16N2O3S/c1-3-11-14-10-7-5-6-8-12(10)22-15(14)16(20)18(17-11)9-13(19)21-4-2/h5-8H,3-4,9H2,1-2H3. The summed E-state index contributed by atoms with van der Waals surface area (Å²) in [5.41, 5.74) is 0.595. The van der Waals surface area contributed by atoms with E-state index in [1.807, 2.05) is 31.2 Å². The number of carbonyl (C=O) groups excluding carboxylic acids is 1. The van der Waals surface area contributed by atoms with E-state index in [9.17, 15) is 9.59 Å². The van der Waals surface area contributed by atoms with E-state index in [0.29, 0.717) is 17.7 Å². The number of ether oxygens (including phenoxy) is 1. The second-order valence-corrected chi connectivity index (χ2v) is 5.92. The fraction of sp³-hybridized carbons (Fsp3) is 0.312. The lowest BCUT2D eigenvalue weighted by atomic mass is 10.1. The van der Waals surface area contributed by atoms with E-state index in [1.165, 1.54) is 16.0 Å². The van der Waals surface area contributed by atoms with Crippen LogP contribution in [0, 0.1) is 0 Å². The fourth-order valence-corrected chi connectivity index (χ4v) is 3.69. The van der Waals surface area contributed by atoms with Crippen molar-refractivity contribution < 1.29 is 9.53 Å². The zero-order valence-corrected chi connectivity index (χ0v) is 13.3. The van der Waals surface area contributed by atoms with Crippen LogP contribution in [0.5, 0.6) is 0 Å². The Hall–Kier alpha value is -2.21. The Morgan fingerprint density at radius 3 is 2.82 bits per heavy atom. The molecule has 3 rings (SSSR count). The van der Waals surface area contributed by atoms with E-state index < -0.39 is 5.97 Å². The highest BCUT2D eigenvalue weighted by molar-refractivity contribution is 7.25. The molecule has 0 spiro atoms. The van der Waals surface area contributed by atoms with Gasteiger partial charge < -0.3 is 4.74 Å². The largest absolute Gasteiger partial charge is 0.465 e. The molecular weight excluding hydrogens is 300 g/mol. The van der Waals surface area contributed by atoms with Crippen molar-refractivity contribution in [3.05, 3.63) is 40.3 Å². The summed E-state index contributed by atoms with van der Waals surface area (Å²) in [7, 11) is 0. The summed E-state index contributed by atoms with van der Waals surface area (Å²) in [5.74, 6) is -0.445. The quantitative estimate of drug-likeness (QED) is 0.694. The molecule has 5 nitrogen and oxygen atoms in total. The zero-order valence-electron chi connectivity index (χ0n) is 12.5. The van der Waals surface area contributed by atoms with Gasteiger partial charge in [0.1, 0.15) is 11.2 Å². The number of hydrogen-bond acceptors (Lipinski definition) is 5. The van der Waals surface area contributed by atoms with Gasteiger partial charge in [-0.15, -0.1) is 11.3 Å². The van der Waals surface area contributed by atoms with Crippen molar-refractivity contribution in [1.29, 1.82) is 0 Å². The van der Waals surface area contributed by atoms with Gasteiger partial charge in [-0.2, -0.15) is 5.10 Å². The van der Waals surface area contributed by atoms with Crippen molar-refractivity contribution in [2.24, 2.45) is 0 Å². The molecule has 0 aliphatic rings. The van der Waals surface area contributed by atoms with Crippen molar-refractivity contribution in [2.75, 3.05) is 6.61 Å². The highest BCUT2D eigenvalue weighted by Crippen LogP contribution is 2.33. The molecule has 2 heterocycles. The number of rotatable bonds is 4. The number of benzene rings is 1. The molecule has 1 aromatic carbocycles. The average Bonchev–Trinajstić information content (AvgIpc) is 2.90. The zero-order chi connectivity index (χ0) is 15.7. The minimum absolute atomic E-state index is 0.149. The number of carbonyl (C=O) groups is 1. The third kappa shape index (κ3) is 2.39. The molecule has 0 saturated carbocycles. The number of hydrogen-bond donors (Lipinski definition) is 0. The molecule has 0 aliphatic heterocycles. The molecule has 0 aliphatic carbocycles. The van der Waals surface area contributed by atoms with Crippen LogP contribution in [0.2, 0.25) is 0 Å². The Labute approximate surface area is 131 Å². The van der Waals surface area contributed by atoms with Gasteiger partial charge in [-0.3, -0.25) is 9.59 Å². The number of aryl methyl sites for hydroxylation is 1. The lowest BCUT2D eigenvalue weighted by Gasteiger charge is -2.07. The van der Waals surface area contributed by atoms with E-state index >= 15 is 0 Å². The Morgan fingerprint density at radius 2 is 2.09 bits per heavy atom. The van der Waals surface area contributed by atoms with Crippen LogP contribution in [0.15, 0.2) is 29.1 Å². The predicted octanol–water partition coefficient (Wildman–Crippen LogP) is 2.74. The molecule has 2 aromatic heterocycles. The summed E-state index contributed by atoms with van der Waals surface area (Å²) >= 11 is 1.45. The lowest BCUT2D eigenvalue weighted by molar-refractivity contribution is -0.144. The van der Waals surface area contributed by atoms with Gasteiger partial charge in [-0.1, -0.05) is 25.1 Å². The number of aromatic nitrogens is 2. The van der Waals surface area contributed by atoms with Gasteiger partial charge in [0.2, 0.25) is 0 Å². The topological polar surface area (TPSA) is 61.2 Å². The van der Waals surface area contributed by atoms with Crippen molar-refractivity contribution in [3.8, 4) is 0 Å². The minimum Gasteiger partial charge on any atom is -0.465 e. The number of thiophene rings is 1. The second kappa shape index (κ2) is 5.88. The maximum atomic E-state index is 12.6. The number of esters is 1. The second-order valence-electron chi connectivity index (χ2n) is 4.87. The van der Waals surface area contributed by atoms with Crippen LogP contribution in [-0.4, -0.2) is 22.4 Å². The van der Waals surface area contributed by atoms with Gasteiger partial charge >= 0.3 is 5.97 Å². The van der Waals surface area contributed by atoms with Gasteiger partial charge in [-0.05, 0) is 19.4 Å². The van der Waals surface area contributed by atoms with Gasteiger partial charge in [-0.25, -0.2) is 4.68 Å². The van der Waals surface area contributed by atoms with Crippen LogP contribution in [0.4, 0.5) is 0 Å². The van der Waals surface area contributed by atoms with E-state index in [2.05, 4.69) is 5.10 Å². The van der Waals surface area contributed by atoms with Gasteiger partial charge in [0.05, 0.1) is 12.3 Å². The van der Waals surface area contributed by atoms with Crippen LogP contribution in [0.1, 0.15) is 19.5 Å². The molecule has 6 heteroatoms. The van der Waals surface area contributed by atoms with Gasteiger partial charge in [0, 0.05) is 15.5 Å². The minimum atomic E-state index is -0.445. The summed E-state index contributed by atoms with van der Waals surface area (Å²) in [4.78, 5) is 24.3. The third-order valence-corrected chi connectivity index (χ3v) is 4.63. The van der Waals surface area contributed by atoms with E-state index in [-0.39, 0.29) is 12.1 Å². The molecule has 0 unspecified atom stereocenters. The van der Waals surface area contributed by atoms with Crippen LogP contribution in [0.25, 0.3) is 20.2 Å². The van der Waals surface area contributed by atoms with Crippen molar-refractivity contribution in [1.82, 2.24) is 9.78 Å². The van der Waals surface area contributed by atoms with E-state index in [1.54, 1.807) is 6.92 Å². The molecule has 0 amide bonds. The SMILES string of the molecule is CCOC(=O)Cn1nc(CC)c2c(sc3ccccc32)c1=O. The normalized spacial score (nSPS) is 11.2. The maximum absolute atomic E-state index is 12.6. The van der Waals surface area contributed by atoms with Crippen LogP contribution in [0.3, 0.4) is 0 Å². The summed E-state index contributed by atoms with van der Waals surface area (Å²) in [6.45, 7) is 3.87. The lowest BCUT2D eigenvalue weighted by Crippen LogP contribution is -2.28. The summed E-state index contributed by atoms with van der Waals surface area (Å²) in [6.07, 6.45) is 0.695. The van der Waals surface area contributed by atoms with Gasteiger partial charge in [0.15, 0.2) is 0 Å². The Balaban J connectivity index is 2.25. The Bertz CT molecular complexity index is 911. The predicted molar refractivity (Wildman–Crippen MR) is 87.4 cm³/mol. The molecule has 0 saturated heterocycles. The molecule has 0 atom stereocenters. The van der Waals surface area contributed by atoms with E-state index in [0.717, 1.165) is 21.2 Å². The van der Waals surface area contributed by atoms with Crippen LogP contribution in [-0.2, 0) is 22.5 Å². The average molecular weight is 316 g/mol. The van der Waals surface area contributed by atoms with Crippen LogP contribution >= 0.6 is 11.3 Å². The first-order valence-electron chi connectivity index (χ1n) is 7.22. The first-order chi connectivity index (χ1) is 10.7. The number of fused-ring (bicyclic) bond motifs is 3. The molecule has 3 aromatic rings. The van der Waals surface area contributed by atoms with Crippen LogP contribution < -0.4 is 5.56 Å². The maximum Gasteiger partial charge on any atom is 0.327 e. The van der Waals surface area contributed by atoms with Gasteiger partial charge in [0.25, 0.3) is 5.56 Å². The molecule has 0 N–H and O–H groups in total. The molecule has 0 fully saturated rings. The summed E-state index contributed by atoms with van der Waals surface area (Å²) < 4.78 is 7.83. The molecule has 114 valence electrons. The highest BCUT2D eigenvalue weighted by atomic mass is 32.1. The summed E-state index contributed by atoms with van der Waals surface area (Å²) in [6, 6.07) is 7.91. The molecular formula is C16H16N2O3S. The molecule has 0 radical (unpaired) electrons. The Kier molecular flexibility index (Phi) is 3.94. The first-order valence-corrected chi connectivity index (χ1v) is 8.04. The molecule has 22 heavy (non-hydrogen) atoms. The summed E-state index contributed by atoms with van der Waals surface area (Å²) in [5, 5.41) is 6.33. The number of nitrogens with zero attached hydrogens (tertiary/aromatic N) is 2. The highest BCUT2D eigenvalue weighted by Gasteiger charge is 2.17. The Morgan fingerprint density at radius 1 is 1.32 bits per heavy atom. The third-order valence-electron chi connectivity index (χ3n) is 3.47. The van der Waals surface area contributed by atoms with Crippen molar-refractivity contribution in [2.45, 2.75) is 26.8 Å². The molecule has 0 bridgehead atoms. The monoisotopic (exact) mass is 316 g/mol.